The second kappa shape index (κ2) is 7.81. The molecule has 0 bridgehead atoms. The Kier molecular flexibility index (Phi) is 6.04. The highest BCUT2D eigenvalue weighted by molar-refractivity contribution is 7.90. The van der Waals surface area contributed by atoms with Crippen LogP contribution in [0, 0.1) is 5.92 Å². The van der Waals surface area contributed by atoms with Gasteiger partial charge in [-0.2, -0.15) is 0 Å². The molecule has 23 heavy (non-hydrogen) atoms. The molecular weight excluding hydrogens is 312 g/mol. The van der Waals surface area contributed by atoms with Crippen molar-refractivity contribution in [3.05, 3.63) is 35.9 Å². The minimum atomic E-state index is -3.07. The molecule has 0 radical (unpaired) electrons. The van der Waals surface area contributed by atoms with Gasteiger partial charge in [0.25, 0.3) is 0 Å². The zero-order valence-corrected chi connectivity index (χ0v) is 14.7. The molecule has 2 rings (SSSR count). The van der Waals surface area contributed by atoms with Crippen molar-refractivity contribution in [3.8, 4) is 0 Å². The Morgan fingerprint density at radius 3 is 2.48 bits per heavy atom. The van der Waals surface area contributed by atoms with Crippen LogP contribution in [-0.2, 0) is 9.84 Å². The summed E-state index contributed by atoms with van der Waals surface area (Å²) >= 11 is 0. The molecule has 0 spiro atoms. The molecule has 0 aliphatic heterocycles. The number of sulfone groups is 1. The van der Waals surface area contributed by atoms with Crippen LogP contribution >= 0.6 is 0 Å². The van der Waals surface area contributed by atoms with Crippen molar-refractivity contribution in [2.45, 2.75) is 32.2 Å². The van der Waals surface area contributed by atoms with Crippen molar-refractivity contribution in [2.24, 2.45) is 5.92 Å². The Morgan fingerprint density at radius 1 is 1.30 bits per heavy atom. The van der Waals surface area contributed by atoms with Gasteiger partial charge in [-0.05, 0) is 31.2 Å². The van der Waals surface area contributed by atoms with Gasteiger partial charge in [0.15, 0.2) is 0 Å². The average molecular weight is 338 g/mol. The average Bonchev–Trinajstić information content (AvgIpc) is 2.45. The van der Waals surface area contributed by atoms with Gasteiger partial charge in [-0.1, -0.05) is 36.8 Å². The van der Waals surface area contributed by atoms with E-state index in [9.17, 15) is 13.2 Å². The third kappa shape index (κ3) is 5.53. The number of nitrogens with zero attached hydrogens (tertiary/aromatic N) is 1. The van der Waals surface area contributed by atoms with E-state index >= 15 is 0 Å². The second-order valence-electron chi connectivity index (χ2n) is 6.40. The predicted molar refractivity (Wildman–Crippen MR) is 92.0 cm³/mol. The van der Waals surface area contributed by atoms with Gasteiger partial charge in [0.05, 0.1) is 11.8 Å². The molecule has 1 aromatic rings. The van der Waals surface area contributed by atoms with E-state index in [-0.39, 0.29) is 24.4 Å². The lowest BCUT2D eigenvalue weighted by Gasteiger charge is -2.36. The van der Waals surface area contributed by atoms with Gasteiger partial charge < -0.3 is 10.2 Å². The number of benzene rings is 1. The van der Waals surface area contributed by atoms with Crippen LogP contribution in [0.2, 0.25) is 0 Å². The smallest absolute Gasteiger partial charge is 0.317 e. The van der Waals surface area contributed by atoms with Gasteiger partial charge in [-0.15, -0.1) is 0 Å². The Morgan fingerprint density at radius 2 is 1.96 bits per heavy atom. The maximum absolute atomic E-state index is 12.5. The lowest BCUT2D eigenvalue weighted by Crippen LogP contribution is -2.45. The zero-order valence-electron chi connectivity index (χ0n) is 13.9. The molecule has 1 atom stereocenters. The van der Waals surface area contributed by atoms with Gasteiger partial charge in [0, 0.05) is 19.3 Å². The molecule has 1 N–H and O–H groups in total. The van der Waals surface area contributed by atoms with Gasteiger partial charge in [-0.3, -0.25) is 0 Å². The molecule has 6 heteroatoms. The number of carbonyl (C=O) groups is 1. The van der Waals surface area contributed by atoms with Crippen molar-refractivity contribution in [1.29, 1.82) is 0 Å². The maximum Gasteiger partial charge on any atom is 0.317 e. The van der Waals surface area contributed by atoms with E-state index in [2.05, 4.69) is 5.32 Å². The van der Waals surface area contributed by atoms with Crippen LogP contribution in [0.25, 0.3) is 0 Å². The summed E-state index contributed by atoms with van der Waals surface area (Å²) in [6, 6.07) is 9.71. The molecule has 1 fully saturated rings. The van der Waals surface area contributed by atoms with E-state index < -0.39 is 9.84 Å². The van der Waals surface area contributed by atoms with Crippen LogP contribution in [0.3, 0.4) is 0 Å². The second-order valence-corrected chi connectivity index (χ2v) is 8.66. The van der Waals surface area contributed by atoms with E-state index in [0.29, 0.717) is 5.92 Å². The minimum Gasteiger partial charge on any atom is -0.337 e. The van der Waals surface area contributed by atoms with Crippen LogP contribution < -0.4 is 5.32 Å². The van der Waals surface area contributed by atoms with Crippen LogP contribution in [-0.4, -0.2) is 44.4 Å². The molecule has 1 aliphatic rings. The quantitative estimate of drug-likeness (QED) is 0.831. The van der Waals surface area contributed by atoms with E-state index in [1.165, 1.54) is 12.7 Å². The predicted octanol–water partition coefficient (Wildman–Crippen LogP) is 2.60. The summed E-state index contributed by atoms with van der Waals surface area (Å²) < 4.78 is 22.4. The van der Waals surface area contributed by atoms with Gasteiger partial charge in [-0.25, -0.2) is 13.2 Å². The number of rotatable bonds is 7. The molecule has 1 saturated carbocycles. The first-order chi connectivity index (χ1) is 10.9. The fraction of sp³-hybridized carbons (Fsp3) is 0.588. The summed E-state index contributed by atoms with van der Waals surface area (Å²) in [5.74, 6) is 0.525. The fourth-order valence-electron chi connectivity index (χ4n) is 2.73. The maximum atomic E-state index is 12.5. The van der Waals surface area contributed by atoms with Crippen LogP contribution in [0.5, 0.6) is 0 Å². The first-order valence-electron chi connectivity index (χ1n) is 8.14. The van der Waals surface area contributed by atoms with Crippen molar-refractivity contribution in [3.63, 3.8) is 0 Å². The molecule has 2 amide bonds. The summed E-state index contributed by atoms with van der Waals surface area (Å²) in [5.41, 5.74) is 1.09. The summed E-state index contributed by atoms with van der Waals surface area (Å²) in [7, 11) is -3.07. The molecule has 1 aliphatic carbocycles. The van der Waals surface area contributed by atoms with Crippen molar-refractivity contribution < 1.29 is 13.2 Å². The number of amides is 2. The molecular formula is C17H26N2O3S. The molecule has 0 heterocycles. The number of carbonyl (C=O) groups excluding carboxylic acids is 1. The standard InChI is InChI=1S/C17H26N2O3S/c1-14(16-9-4-3-5-10-16)19(13-15-7-6-8-15)17(20)18-11-12-23(2,21)22/h3-5,9-10,14-15H,6-8,11-13H2,1-2H3,(H,18,20)/t14-/m1/s1. The summed E-state index contributed by atoms with van der Waals surface area (Å²) in [6.45, 7) is 2.89. The Labute approximate surface area is 139 Å². The summed E-state index contributed by atoms with van der Waals surface area (Å²) in [5, 5.41) is 2.75. The molecule has 1 aromatic carbocycles. The molecule has 0 aromatic heterocycles. The highest BCUT2D eigenvalue weighted by Gasteiger charge is 2.27. The number of hydrogen-bond acceptors (Lipinski definition) is 3. The van der Waals surface area contributed by atoms with Crippen LogP contribution in [0.1, 0.15) is 37.8 Å². The summed E-state index contributed by atoms with van der Waals surface area (Å²) in [4.78, 5) is 14.4. The van der Waals surface area contributed by atoms with Gasteiger partial charge >= 0.3 is 6.03 Å². The Bertz CT molecular complexity index is 612. The largest absolute Gasteiger partial charge is 0.337 e. The van der Waals surface area contributed by atoms with E-state index in [0.717, 1.165) is 24.9 Å². The van der Waals surface area contributed by atoms with Crippen molar-refractivity contribution in [2.75, 3.05) is 25.1 Å². The van der Waals surface area contributed by atoms with Crippen molar-refractivity contribution in [1.82, 2.24) is 10.2 Å². The monoisotopic (exact) mass is 338 g/mol. The number of hydrogen-bond donors (Lipinski definition) is 1. The van der Waals surface area contributed by atoms with E-state index in [1.807, 2.05) is 42.2 Å². The lowest BCUT2D eigenvalue weighted by molar-refractivity contribution is 0.146. The number of nitrogens with one attached hydrogen (secondary N) is 1. The van der Waals surface area contributed by atoms with Crippen LogP contribution in [0.4, 0.5) is 4.79 Å². The third-order valence-electron chi connectivity index (χ3n) is 4.44. The molecule has 128 valence electrons. The Balaban J connectivity index is 2.02. The van der Waals surface area contributed by atoms with E-state index in [4.69, 9.17) is 0 Å². The first kappa shape index (κ1) is 17.8. The molecule has 0 saturated heterocycles. The zero-order chi connectivity index (χ0) is 16.9. The topological polar surface area (TPSA) is 66.5 Å². The number of urea groups is 1. The van der Waals surface area contributed by atoms with Gasteiger partial charge in [0.2, 0.25) is 0 Å². The van der Waals surface area contributed by atoms with Crippen LogP contribution in [0.15, 0.2) is 30.3 Å². The third-order valence-corrected chi connectivity index (χ3v) is 5.38. The van der Waals surface area contributed by atoms with E-state index in [1.54, 1.807) is 0 Å². The fourth-order valence-corrected chi connectivity index (χ4v) is 3.20. The normalized spacial score (nSPS) is 16.4. The highest BCUT2D eigenvalue weighted by atomic mass is 32.2. The SMILES string of the molecule is C[C@H](c1ccccc1)N(CC1CCC1)C(=O)NCCS(C)(=O)=O. The summed E-state index contributed by atoms with van der Waals surface area (Å²) in [6.07, 6.45) is 4.73. The lowest BCUT2D eigenvalue weighted by atomic mass is 9.84. The van der Waals surface area contributed by atoms with Gasteiger partial charge in [0.1, 0.15) is 9.84 Å². The minimum absolute atomic E-state index is 0.0320. The highest BCUT2D eigenvalue weighted by Crippen LogP contribution is 2.30. The Hall–Kier alpha value is -1.56. The van der Waals surface area contributed by atoms with Crippen molar-refractivity contribution >= 4 is 15.9 Å². The first-order valence-corrected chi connectivity index (χ1v) is 10.2. The molecule has 5 nitrogen and oxygen atoms in total. The molecule has 0 unspecified atom stereocenters.